The highest BCUT2D eigenvalue weighted by atomic mass is 32.2. The number of rotatable bonds is 8. The average Bonchev–Trinajstić information content (AvgIpc) is 3.27. The molecule has 2 aromatic carbocycles. The summed E-state index contributed by atoms with van der Waals surface area (Å²) in [5, 5.41) is 8.08. The summed E-state index contributed by atoms with van der Waals surface area (Å²) in [6, 6.07) is 14.4. The minimum absolute atomic E-state index is 0.195. The van der Waals surface area contributed by atoms with E-state index >= 15 is 0 Å². The summed E-state index contributed by atoms with van der Waals surface area (Å²) in [6.45, 7) is 0. The normalized spacial score (nSPS) is 11.5. The summed E-state index contributed by atoms with van der Waals surface area (Å²) in [6.07, 6.45) is 4.77. The van der Waals surface area contributed by atoms with Crippen molar-refractivity contribution in [3.8, 4) is 11.5 Å². The van der Waals surface area contributed by atoms with Crippen LogP contribution < -0.4 is 14.8 Å². The molecule has 0 saturated heterocycles. The van der Waals surface area contributed by atoms with Crippen LogP contribution in [0.4, 0.5) is 5.69 Å². The molecule has 144 valence electrons. The third kappa shape index (κ3) is 4.17. The third-order valence-corrected chi connectivity index (χ3v) is 4.69. The van der Waals surface area contributed by atoms with E-state index in [0.717, 1.165) is 5.69 Å². The zero-order valence-electron chi connectivity index (χ0n) is 15.7. The van der Waals surface area contributed by atoms with Crippen LogP contribution >= 0.6 is 11.8 Å². The Morgan fingerprint density at radius 3 is 2.43 bits per heavy atom. The van der Waals surface area contributed by atoms with E-state index in [0.29, 0.717) is 27.8 Å². The fraction of sp³-hybridized carbons (Fsp3) is 0.150. The van der Waals surface area contributed by atoms with Gasteiger partial charge in [0, 0.05) is 5.56 Å². The molecule has 0 radical (unpaired) electrons. The average molecular weight is 396 g/mol. The van der Waals surface area contributed by atoms with Crippen molar-refractivity contribution in [3.63, 3.8) is 0 Å². The van der Waals surface area contributed by atoms with Crippen LogP contribution in [0.2, 0.25) is 0 Å². The lowest BCUT2D eigenvalue weighted by atomic mass is 10.1. The molecule has 0 aliphatic carbocycles. The predicted octanol–water partition coefficient (Wildman–Crippen LogP) is 3.78. The maximum absolute atomic E-state index is 13.3. The summed E-state index contributed by atoms with van der Waals surface area (Å²) in [4.78, 5) is 17.3. The number of aromatic nitrogens is 3. The van der Waals surface area contributed by atoms with Crippen LogP contribution in [0, 0.1) is 0 Å². The lowest BCUT2D eigenvalue weighted by Gasteiger charge is -2.16. The molecule has 0 fully saturated rings. The SMILES string of the molecule is COc1ccc(C(=O)/C(=C(\Nc2ccccc2OC)SC)n2cncn2)cc1. The van der Waals surface area contributed by atoms with Crippen molar-refractivity contribution in [3.05, 3.63) is 71.8 Å². The Kier molecular flexibility index (Phi) is 6.33. The van der Waals surface area contributed by atoms with Gasteiger partial charge in [-0.1, -0.05) is 12.1 Å². The number of ether oxygens (including phenoxy) is 2. The maximum Gasteiger partial charge on any atom is 0.214 e. The van der Waals surface area contributed by atoms with Crippen molar-refractivity contribution in [1.29, 1.82) is 0 Å². The molecular formula is C20H20N4O3S. The highest BCUT2D eigenvalue weighted by molar-refractivity contribution is 8.02. The number of nitrogens with zero attached hydrogens (tertiary/aromatic N) is 3. The Hall–Kier alpha value is -3.26. The minimum Gasteiger partial charge on any atom is -0.497 e. The molecule has 3 rings (SSSR count). The van der Waals surface area contributed by atoms with Crippen molar-refractivity contribution >= 4 is 28.9 Å². The molecule has 3 aromatic rings. The molecule has 1 heterocycles. The first-order chi connectivity index (χ1) is 13.7. The van der Waals surface area contributed by atoms with E-state index in [-0.39, 0.29) is 5.78 Å². The van der Waals surface area contributed by atoms with Crippen molar-refractivity contribution in [1.82, 2.24) is 14.8 Å². The minimum atomic E-state index is -0.195. The number of carbonyl (C=O) groups is 1. The Balaban J connectivity index is 2.07. The van der Waals surface area contributed by atoms with E-state index in [1.54, 1.807) is 38.5 Å². The largest absolute Gasteiger partial charge is 0.497 e. The molecular weight excluding hydrogens is 376 g/mol. The monoisotopic (exact) mass is 396 g/mol. The number of carbonyl (C=O) groups excluding carboxylic acids is 1. The summed E-state index contributed by atoms with van der Waals surface area (Å²) in [5.41, 5.74) is 1.62. The van der Waals surface area contributed by atoms with Crippen LogP contribution in [0.15, 0.2) is 66.2 Å². The first-order valence-corrected chi connectivity index (χ1v) is 9.62. The van der Waals surface area contributed by atoms with Crippen molar-refractivity contribution in [2.24, 2.45) is 0 Å². The molecule has 0 bridgehead atoms. The lowest BCUT2D eigenvalue weighted by Crippen LogP contribution is -2.15. The van der Waals surface area contributed by atoms with Gasteiger partial charge in [-0.2, -0.15) is 5.10 Å². The van der Waals surface area contributed by atoms with Gasteiger partial charge in [-0.25, -0.2) is 9.67 Å². The van der Waals surface area contributed by atoms with E-state index in [1.165, 1.54) is 29.1 Å². The van der Waals surface area contributed by atoms with Crippen LogP contribution in [-0.2, 0) is 0 Å². The van der Waals surface area contributed by atoms with Crippen LogP contribution in [0.1, 0.15) is 10.4 Å². The maximum atomic E-state index is 13.3. The van der Waals surface area contributed by atoms with Crippen molar-refractivity contribution in [2.75, 3.05) is 25.8 Å². The van der Waals surface area contributed by atoms with Crippen molar-refractivity contribution < 1.29 is 14.3 Å². The zero-order valence-corrected chi connectivity index (χ0v) is 16.6. The quantitative estimate of drug-likeness (QED) is 0.458. The number of anilines is 1. The number of hydrogen-bond donors (Lipinski definition) is 1. The highest BCUT2D eigenvalue weighted by Gasteiger charge is 2.21. The van der Waals surface area contributed by atoms with Gasteiger partial charge in [0.15, 0.2) is 0 Å². The van der Waals surface area contributed by atoms with Gasteiger partial charge in [0.2, 0.25) is 5.78 Å². The molecule has 8 heteroatoms. The molecule has 0 saturated carbocycles. The molecule has 0 atom stereocenters. The molecule has 1 aromatic heterocycles. The van der Waals surface area contributed by atoms with Gasteiger partial charge >= 0.3 is 0 Å². The second kappa shape index (κ2) is 9.09. The van der Waals surface area contributed by atoms with Crippen molar-refractivity contribution in [2.45, 2.75) is 0 Å². The topological polar surface area (TPSA) is 78.3 Å². The van der Waals surface area contributed by atoms with Crippen LogP contribution in [-0.4, -0.2) is 41.0 Å². The van der Waals surface area contributed by atoms with Crippen LogP contribution in [0.25, 0.3) is 5.70 Å². The Morgan fingerprint density at radius 1 is 1.07 bits per heavy atom. The molecule has 7 nitrogen and oxygen atoms in total. The summed E-state index contributed by atoms with van der Waals surface area (Å²) >= 11 is 1.40. The van der Waals surface area contributed by atoms with Gasteiger partial charge < -0.3 is 14.8 Å². The van der Waals surface area contributed by atoms with Gasteiger partial charge in [0.25, 0.3) is 0 Å². The molecule has 0 aliphatic rings. The van der Waals surface area contributed by atoms with E-state index in [4.69, 9.17) is 9.47 Å². The van der Waals surface area contributed by atoms with Crippen LogP contribution in [0.3, 0.4) is 0 Å². The number of hydrogen-bond acceptors (Lipinski definition) is 7. The first kappa shape index (κ1) is 19.5. The van der Waals surface area contributed by atoms with E-state index in [2.05, 4.69) is 15.4 Å². The van der Waals surface area contributed by atoms with Gasteiger partial charge in [-0.3, -0.25) is 4.79 Å². The molecule has 28 heavy (non-hydrogen) atoms. The second-order valence-corrected chi connectivity index (χ2v) is 6.42. The summed E-state index contributed by atoms with van der Waals surface area (Å²) < 4.78 is 12.0. The number of Topliss-reactive ketones (excluding diaryl/α,β-unsaturated/α-hetero) is 1. The van der Waals surface area contributed by atoms with E-state index in [1.807, 2.05) is 30.5 Å². The van der Waals surface area contributed by atoms with Gasteiger partial charge in [0.05, 0.1) is 19.9 Å². The Labute approximate surface area is 167 Å². The molecule has 0 aliphatic heterocycles. The predicted molar refractivity (Wildman–Crippen MR) is 111 cm³/mol. The smallest absolute Gasteiger partial charge is 0.214 e. The Bertz CT molecular complexity index is 969. The van der Waals surface area contributed by atoms with E-state index < -0.39 is 0 Å². The molecule has 1 N–H and O–H groups in total. The number of para-hydroxylation sites is 2. The first-order valence-electron chi connectivity index (χ1n) is 8.40. The highest BCUT2D eigenvalue weighted by Crippen LogP contribution is 2.30. The number of benzene rings is 2. The summed E-state index contributed by atoms with van der Waals surface area (Å²) in [5.74, 6) is 1.16. The number of allylic oxidation sites excluding steroid dienone is 1. The number of methoxy groups -OCH3 is 2. The molecule has 0 amide bonds. The van der Waals surface area contributed by atoms with Gasteiger partial charge in [-0.05, 0) is 42.7 Å². The van der Waals surface area contributed by atoms with Gasteiger partial charge in [-0.15, -0.1) is 11.8 Å². The fourth-order valence-corrected chi connectivity index (χ4v) is 3.18. The second-order valence-electron chi connectivity index (χ2n) is 5.60. The lowest BCUT2D eigenvalue weighted by molar-refractivity contribution is 0.104. The number of nitrogens with one attached hydrogen (secondary N) is 1. The standard InChI is InChI=1S/C20H20N4O3S/c1-26-15-10-8-14(9-11-15)19(25)18(24-13-21-12-22-24)20(28-3)23-16-6-4-5-7-17(16)27-2/h4-13,23H,1-3H3/b20-18-. The van der Waals surface area contributed by atoms with E-state index in [9.17, 15) is 4.79 Å². The number of ketones is 1. The third-order valence-electron chi connectivity index (χ3n) is 3.99. The number of thioether (sulfide) groups is 1. The Morgan fingerprint density at radius 2 is 1.82 bits per heavy atom. The molecule has 0 unspecified atom stereocenters. The zero-order chi connectivity index (χ0) is 19.9. The fourth-order valence-electron chi connectivity index (χ4n) is 2.59. The van der Waals surface area contributed by atoms with Gasteiger partial charge in [0.1, 0.15) is 34.9 Å². The van der Waals surface area contributed by atoms with Crippen LogP contribution in [0.5, 0.6) is 11.5 Å². The molecule has 0 spiro atoms. The summed E-state index contributed by atoms with van der Waals surface area (Å²) in [7, 11) is 3.18.